The van der Waals surface area contributed by atoms with E-state index in [1.807, 2.05) is 48.6 Å². The lowest BCUT2D eigenvalue weighted by Crippen LogP contribution is -2.40. The summed E-state index contributed by atoms with van der Waals surface area (Å²) >= 11 is 0. The van der Waals surface area contributed by atoms with E-state index >= 15 is 0 Å². The van der Waals surface area contributed by atoms with Crippen molar-refractivity contribution in [1.29, 1.82) is 0 Å². The van der Waals surface area contributed by atoms with Gasteiger partial charge in [0.05, 0.1) is 16.6 Å². The first-order valence-corrected chi connectivity index (χ1v) is 9.52. The van der Waals surface area contributed by atoms with Crippen molar-refractivity contribution in [2.24, 2.45) is 7.05 Å². The van der Waals surface area contributed by atoms with Crippen molar-refractivity contribution >= 4 is 28.5 Å². The third-order valence-electron chi connectivity index (χ3n) is 4.66. The van der Waals surface area contributed by atoms with Crippen LogP contribution in [0.5, 0.6) is 0 Å². The van der Waals surface area contributed by atoms with Crippen LogP contribution in [0.25, 0.3) is 11.0 Å². The summed E-state index contributed by atoms with van der Waals surface area (Å²) in [5.74, 6) is -0.426. The van der Waals surface area contributed by atoms with E-state index in [2.05, 4.69) is 20.7 Å². The van der Waals surface area contributed by atoms with Gasteiger partial charge in [0.2, 0.25) is 0 Å². The SMILES string of the molecule is Cc1cc(C(=O)Nc2cccc(C(=O)NC(C)(C)C)c2C)c2c(C)nn(C)c2n1. The van der Waals surface area contributed by atoms with Crippen LogP contribution in [0.1, 0.15) is 58.4 Å². The molecule has 0 aliphatic rings. The molecule has 29 heavy (non-hydrogen) atoms. The molecule has 0 radical (unpaired) electrons. The Hall–Kier alpha value is -3.22. The Labute approximate surface area is 170 Å². The predicted octanol–water partition coefficient (Wildman–Crippen LogP) is 3.67. The molecule has 0 fully saturated rings. The first-order valence-electron chi connectivity index (χ1n) is 9.52. The first kappa shape index (κ1) is 20.5. The Balaban J connectivity index is 1.98. The van der Waals surface area contributed by atoms with E-state index in [4.69, 9.17) is 0 Å². The molecule has 152 valence electrons. The van der Waals surface area contributed by atoms with Gasteiger partial charge in [0.25, 0.3) is 11.8 Å². The summed E-state index contributed by atoms with van der Waals surface area (Å²) in [6.45, 7) is 11.3. The van der Waals surface area contributed by atoms with E-state index < -0.39 is 0 Å². The molecule has 0 aliphatic carbocycles. The molecule has 7 nitrogen and oxygen atoms in total. The lowest BCUT2D eigenvalue weighted by molar-refractivity contribution is 0.0918. The van der Waals surface area contributed by atoms with E-state index in [1.165, 1.54) is 0 Å². The van der Waals surface area contributed by atoms with E-state index in [1.54, 1.807) is 28.9 Å². The Bertz CT molecular complexity index is 1120. The normalized spacial score (nSPS) is 11.6. The number of benzene rings is 1. The molecule has 0 saturated heterocycles. The number of amides is 2. The van der Waals surface area contributed by atoms with Crippen LogP contribution in [0.2, 0.25) is 0 Å². The standard InChI is InChI=1S/C22H27N5O2/c1-12-11-16(18-14(3)26-27(7)19(18)23-12)20(28)24-17-10-8-9-15(13(17)2)21(29)25-22(4,5)6/h8-11H,1-7H3,(H,24,28)(H,25,29). The van der Waals surface area contributed by atoms with Crippen molar-refractivity contribution in [2.75, 3.05) is 5.32 Å². The lowest BCUT2D eigenvalue weighted by Gasteiger charge is -2.21. The Morgan fingerprint density at radius 1 is 1.03 bits per heavy atom. The maximum atomic E-state index is 13.1. The van der Waals surface area contributed by atoms with Gasteiger partial charge in [-0.2, -0.15) is 5.10 Å². The summed E-state index contributed by atoms with van der Waals surface area (Å²) in [4.78, 5) is 30.2. The van der Waals surface area contributed by atoms with E-state index in [0.29, 0.717) is 28.0 Å². The van der Waals surface area contributed by atoms with Crippen molar-refractivity contribution < 1.29 is 9.59 Å². The summed E-state index contributed by atoms with van der Waals surface area (Å²) in [5, 5.41) is 11.0. The number of aryl methyl sites for hydroxylation is 3. The maximum absolute atomic E-state index is 13.1. The second kappa shape index (κ2) is 7.31. The minimum atomic E-state index is -0.346. The van der Waals surface area contributed by atoms with Gasteiger partial charge in [-0.15, -0.1) is 0 Å². The van der Waals surface area contributed by atoms with Crippen molar-refractivity contribution in [1.82, 2.24) is 20.1 Å². The quantitative estimate of drug-likeness (QED) is 0.710. The van der Waals surface area contributed by atoms with E-state index in [9.17, 15) is 9.59 Å². The zero-order valence-corrected chi connectivity index (χ0v) is 18.0. The van der Waals surface area contributed by atoms with Crippen LogP contribution in [0, 0.1) is 20.8 Å². The molecule has 3 rings (SSSR count). The number of carbonyl (C=O) groups excluding carboxylic acids is 2. The summed E-state index contributed by atoms with van der Waals surface area (Å²) in [7, 11) is 1.81. The van der Waals surface area contributed by atoms with Gasteiger partial charge in [-0.3, -0.25) is 14.3 Å². The summed E-state index contributed by atoms with van der Waals surface area (Å²) in [5.41, 5.74) is 4.17. The molecular weight excluding hydrogens is 366 g/mol. The fourth-order valence-corrected chi connectivity index (χ4v) is 3.36. The van der Waals surface area contributed by atoms with Crippen LogP contribution in [0.3, 0.4) is 0 Å². The number of nitrogens with zero attached hydrogens (tertiary/aromatic N) is 3. The Morgan fingerprint density at radius 2 is 1.72 bits per heavy atom. The third-order valence-corrected chi connectivity index (χ3v) is 4.66. The zero-order valence-electron chi connectivity index (χ0n) is 18.0. The molecule has 0 atom stereocenters. The van der Waals surface area contributed by atoms with Gasteiger partial charge in [0.15, 0.2) is 5.65 Å². The topological polar surface area (TPSA) is 88.9 Å². The minimum absolute atomic E-state index is 0.170. The molecule has 0 bridgehead atoms. The average molecular weight is 393 g/mol. The number of pyridine rings is 1. The zero-order chi connectivity index (χ0) is 21.5. The van der Waals surface area contributed by atoms with Crippen molar-refractivity contribution in [2.45, 2.75) is 47.1 Å². The second-order valence-corrected chi connectivity index (χ2v) is 8.36. The molecule has 0 unspecified atom stereocenters. The smallest absolute Gasteiger partial charge is 0.256 e. The number of aromatic nitrogens is 3. The Kier molecular flexibility index (Phi) is 5.17. The highest BCUT2D eigenvalue weighted by Gasteiger charge is 2.21. The molecule has 2 amide bonds. The highest BCUT2D eigenvalue weighted by atomic mass is 16.2. The Morgan fingerprint density at radius 3 is 2.38 bits per heavy atom. The second-order valence-electron chi connectivity index (χ2n) is 8.36. The van der Waals surface area contributed by atoms with Gasteiger partial charge < -0.3 is 10.6 Å². The average Bonchev–Trinajstić information content (AvgIpc) is 2.88. The fraction of sp³-hybridized carbons (Fsp3) is 0.364. The van der Waals surface area contributed by atoms with Crippen LogP contribution in [-0.2, 0) is 7.05 Å². The number of nitrogens with one attached hydrogen (secondary N) is 2. The highest BCUT2D eigenvalue weighted by Crippen LogP contribution is 2.25. The molecular formula is C22H27N5O2. The summed E-state index contributed by atoms with van der Waals surface area (Å²) in [6, 6.07) is 7.08. The van der Waals surface area contributed by atoms with Gasteiger partial charge in [0, 0.05) is 29.5 Å². The van der Waals surface area contributed by atoms with Gasteiger partial charge in [0.1, 0.15) is 0 Å². The van der Waals surface area contributed by atoms with E-state index in [-0.39, 0.29) is 17.4 Å². The molecule has 2 aromatic heterocycles. The van der Waals surface area contributed by atoms with Crippen molar-refractivity contribution in [3.8, 4) is 0 Å². The minimum Gasteiger partial charge on any atom is -0.347 e. The number of anilines is 1. The van der Waals surface area contributed by atoms with Crippen molar-refractivity contribution in [3.05, 3.63) is 52.3 Å². The number of fused-ring (bicyclic) bond motifs is 1. The van der Waals surface area contributed by atoms with E-state index in [0.717, 1.165) is 16.8 Å². The number of carbonyl (C=O) groups is 2. The third kappa shape index (κ3) is 4.13. The monoisotopic (exact) mass is 393 g/mol. The molecule has 0 aliphatic heterocycles. The summed E-state index contributed by atoms with van der Waals surface area (Å²) < 4.78 is 1.68. The number of rotatable bonds is 3. The van der Waals surface area contributed by atoms with Crippen molar-refractivity contribution in [3.63, 3.8) is 0 Å². The van der Waals surface area contributed by atoms with Gasteiger partial charge in [-0.05, 0) is 65.3 Å². The fourth-order valence-electron chi connectivity index (χ4n) is 3.36. The number of hydrogen-bond donors (Lipinski definition) is 2. The largest absolute Gasteiger partial charge is 0.347 e. The molecule has 0 spiro atoms. The maximum Gasteiger partial charge on any atom is 0.256 e. The summed E-state index contributed by atoms with van der Waals surface area (Å²) in [6.07, 6.45) is 0. The van der Waals surface area contributed by atoms with Gasteiger partial charge >= 0.3 is 0 Å². The molecule has 2 heterocycles. The van der Waals surface area contributed by atoms with Crippen LogP contribution >= 0.6 is 0 Å². The first-order chi connectivity index (χ1) is 13.5. The molecule has 0 saturated carbocycles. The van der Waals surface area contributed by atoms with Crippen LogP contribution in [-0.4, -0.2) is 32.1 Å². The molecule has 2 N–H and O–H groups in total. The van der Waals surface area contributed by atoms with Crippen LogP contribution < -0.4 is 10.6 Å². The van der Waals surface area contributed by atoms with Crippen LogP contribution in [0.15, 0.2) is 24.3 Å². The highest BCUT2D eigenvalue weighted by molar-refractivity contribution is 6.13. The lowest BCUT2D eigenvalue weighted by atomic mass is 10.0. The van der Waals surface area contributed by atoms with Crippen LogP contribution in [0.4, 0.5) is 5.69 Å². The molecule has 3 aromatic rings. The molecule has 7 heteroatoms. The van der Waals surface area contributed by atoms with Gasteiger partial charge in [-0.1, -0.05) is 6.07 Å². The molecule has 1 aromatic carbocycles. The number of hydrogen-bond acceptors (Lipinski definition) is 4. The predicted molar refractivity (Wildman–Crippen MR) is 114 cm³/mol. The van der Waals surface area contributed by atoms with Gasteiger partial charge in [-0.25, -0.2) is 4.98 Å².